The van der Waals surface area contributed by atoms with Crippen LogP contribution < -0.4 is 0 Å². The predicted molar refractivity (Wildman–Crippen MR) is 99.5 cm³/mol. The summed E-state index contributed by atoms with van der Waals surface area (Å²) in [6.45, 7) is 9.73. The first kappa shape index (κ1) is 17.8. The molecule has 1 aromatic rings. The van der Waals surface area contributed by atoms with Crippen molar-refractivity contribution in [3.63, 3.8) is 0 Å². The van der Waals surface area contributed by atoms with Crippen LogP contribution in [0.25, 0.3) is 0 Å². The summed E-state index contributed by atoms with van der Waals surface area (Å²) >= 11 is 1.87. The second-order valence-corrected chi connectivity index (χ2v) is 7.97. The smallest absolute Gasteiger partial charge is 0.254 e. The lowest BCUT2D eigenvalue weighted by Crippen LogP contribution is -2.47. The molecule has 2 aliphatic heterocycles. The predicted octanol–water partition coefficient (Wildman–Crippen LogP) is 2.73. The number of morpholine rings is 1. The Hall–Kier alpha value is -1.04. The molecular weight excluding hydrogens is 320 g/mol. The van der Waals surface area contributed by atoms with Crippen molar-refractivity contribution in [1.29, 1.82) is 0 Å². The van der Waals surface area contributed by atoms with Gasteiger partial charge in [0.05, 0.1) is 13.2 Å². The zero-order chi connectivity index (χ0) is 16.9. The molecule has 0 bridgehead atoms. The number of hydrogen-bond acceptors (Lipinski definition) is 4. The molecule has 0 aromatic heterocycles. The van der Waals surface area contributed by atoms with Crippen molar-refractivity contribution in [2.24, 2.45) is 5.92 Å². The molecule has 132 valence electrons. The van der Waals surface area contributed by atoms with Gasteiger partial charge >= 0.3 is 0 Å². The fourth-order valence-electron chi connectivity index (χ4n) is 3.74. The first-order chi connectivity index (χ1) is 11.7. The molecule has 0 saturated carbocycles. The van der Waals surface area contributed by atoms with Crippen LogP contribution in [0.4, 0.5) is 0 Å². The van der Waals surface area contributed by atoms with E-state index in [1.54, 1.807) is 0 Å². The number of nitrogens with zero attached hydrogens (tertiary/aromatic N) is 2. The minimum atomic E-state index is 0.199. The molecule has 5 heteroatoms. The highest BCUT2D eigenvalue weighted by Gasteiger charge is 2.37. The maximum atomic E-state index is 13.1. The summed E-state index contributed by atoms with van der Waals surface area (Å²) in [6, 6.07) is 8.56. The summed E-state index contributed by atoms with van der Waals surface area (Å²) in [5, 5.41) is 0. The van der Waals surface area contributed by atoms with E-state index in [4.69, 9.17) is 4.74 Å². The Morgan fingerprint density at radius 1 is 1.25 bits per heavy atom. The van der Waals surface area contributed by atoms with Gasteiger partial charge in [-0.2, -0.15) is 11.8 Å². The average Bonchev–Trinajstić information content (AvgIpc) is 3.02. The molecular formula is C19H28N2O2S. The first-order valence-corrected chi connectivity index (χ1v) is 10.1. The fraction of sp³-hybridized carbons (Fsp3) is 0.632. The number of benzene rings is 1. The van der Waals surface area contributed by atoms with Crippen molar-refractivity contribution in [2.75, 3.05) is 45.1 Å². The number of thioether (sulfide) groups is 1. The molecule has 3 rings (SSSR count). The van der Waals surface area contributed by atoms with Crippen LogP contribution in [0.1, 0.15) is 29.8 Å². The zero-order valence-electron chi connectivity index (χ0n) is 14.7. The van der Waals surface area contributed by atoms with Crippen molar-refractivity contribution in [1.82, 2.24) is 9.80 Å². The minimum Gasteiger partial charge on any atom is -0.379 e. The van der Waals surface area contributed by atoms with Crippen LogP contribution in [0, 0.1) is 5.92 Å². The van der Waals surface area contributed by atoms with Crippen LogP contribution in [-0.2, 0) is 10.5 Å². The summed E-state index contributed by atoms with van der Waals surface area (Å²) in [4.78, 5) is 17.6. The highest BCUT2D eigenvalue weighted by Crippen LogP contribution is 2.26. The molecule has 24 heavy (non-hydrogen) atoms. The largest absolute Gasteiger partial charge is 0.379 e. The Morgan fingerprint density at radius 2 is 2.00 bits per heavy atom. The quantitative estimate of drug-likeness (QED) is 0.819. The lowest BCUT2D eigenvalue weighted by molar-refractivity contribution is 0.0119. The molecule has 1 amide bonds. The van der Waals surface area contributed by atoms with Gasteiger partial charge in [-0.1, -0.05) is 32.0 Å². The van der Waals surface area contributed by atoms with Crippen LogP contribution in [0.5, 0.6) is 0 Å². The van der Waals surface area contributed by atoms with E-state index in [0.717, 1.165) is 62.0 Å². The van der Waals surface area contributed by atoms with Crippen LogP contribution in [0.3, 0.4) is 0 Å². The standard InChI is InChI=1S/C19H28N2O2S/c1-3-24-14-16-6-4-5-7-17(16)19(22)21-12-15(2)18(13-21)20-8-10-23-11-9-20/h4-7,15,18H,3,8-14H2,1-2H3/t15-,18-/m0/s1. The second kappa shape index (κ2) is 8.37. The maximum absolute atomic E-state index is 13.1. The molecule has 0 unspecified atom stereocenters. The third kappa shape index (κ3) is 3.95. The molecule has 2 heterocycles. The topological polar surface area (TPSA) is 32.8 Å². The van der Waals surface area contributed by atoms with Crippen molar-refractivity contribution >= 4 is 17.7 Å². The van der Waals surface area contributed by atoms with Gasteiger partial charge in [-0.15, -0.1) is 0 Å². The van der Waals surface area contributed by atoms with Gasteiger partial charge in [-0.25, -0.2) is 0 Å². The van der Waals surface area contributed by atoms with Gasteiger partial charge in [0, 0.05) is 43.5 Å². The van der Waals surface area contributed by atoms with Crippen LogP contribution in [0.15, 0.2) is 24.3 Å². The fourth-order valence-corrected chi connectivity index (χ4v) is 4.41. The van der Waals surface area contributed by atoms with E-state index in [1.807, 2.05) is 30.0 Å². The molecule has 2 fully saturated rings. The van der Waals surface area contributed by atoms with Crippen LogP contribution in [0.2, 0.25) is 0 Å². The number of rotatable bonds is 5. The van der Waals surface area contributed by atoms with E-state index in [-0.39, 0.29) is 5.91 Å². The summed E-state index contributed by atoms with van der Waals surface area (Å²) in [5.41, 5.74) is 2.05. The number of carbonyl (C=O) groups is 1. The van der Waals surface area contributed by atoms with E-state index in [1.165, 1.54) is 0 Å². The lowest BCUT2D eigenvalue weighted by Gasteiger charge is -2.34. The van der Waals surface area contributed by atoms with Crippen LogP contribution >= 0.6 is 11.8 Å². The van der Waals surface area contributed by atoms with Gasteiger partial charge in [0.1, 0.15) is 0 Å². The Balaban J connectivity index is 1.69. The monoisotopic (exact) mass is 348 g/mol. The molecule has 1 aromatic carbocycles. The number of hydrogen-bond donors (Lipinski definition) is 0. The second-order valence-electron chi connectivity index (χ2n) is 6.70. The highest BCUT2D eigenvalue weighted by atomic mass is 32.2. The van der Waals surface area contributed by atoms with E-state index >= 15 is 0 Å². The zero-order valence-corrected chi connectivity index (χ0v) is 15.6. The van der Waals surface area contributed by atoms with E-state index in [2.05, 4.69) is 29.7 Å². The molecule has 0 spiro atoms. The lowest BCUT2D eigenvalue weighted by atomic mass is 10.0. The summed E-state index contributed by atoms with van der Waals surface area (Å²) < 4.78 is 5.47. The number of amides is 1. The third-order valence-corrected chi connectivity index (χ3v) is 6.01. The Kier molecular flexibility index (Phi) is 6.19. The molecule has 0 N–H and O–H groups in total. The first-order valence-electron chi connectivity index (χ1n) is 8.97. The number of ether oxygens (including phenoxy) is 1. The third-order valence-electron chi connectivity index (χ3n) is 5.08. The minimum absolute atomic E-state index is 0.199. The van der Waals surface area contributed by atoms with Gasteiger partial charge in [0.2, 0.25) is 0 Å². The molecule has 0 aliphatic carbocycles. The van der Waals surface area contributed by atoms with E-state index in [9.17, 15) is 4.79 Å². The van der Waals surface area contributed by atoms with Gasteiger partial charge in [0.15, 0.2) is 0 Å². The van der Waals surface area contributed by atoms with Crippen molar-refractivity contribution in [3.8, 4) is 0 Å². The molecule has 2 saturated heterocycles. The SMILES string of the molecule is CCSCc1ccccc1C(=O)N1C[C@H](C)[C@@H](N2CCOCC2)C1. The summed E-state index contributed by atoms with van der Waals surface area (Å²) in [5.74, 6) is 2.70. The molecule has 0 radical (unpaired) electrons. The van der Waals surface area contributed by atoms with Crippen molar-refractivity contribution in [2.45, 2.75) is 25.6 Å². The molecule has 2 atom stereocenters. The number of likely N-dealkylation sites (tertiary alicyclic amines) is 1. The Labute approximate surface area is 149 Å². The molecule has 4 nitrogen and oxygen atoms in total. The van der Waals surface area contributed by atoms with Crippen molar-refractivity contribution in [3.05, 3.63) is 35.4 Å². The van der Waals surface area contributed by atoms with Gasteiger partial charge in [-0.05, 0) is 23.3 Å². The Morgan fingerprint density at radius 3 is 2.75 bits per heavy atom. The van der Waals surface area contributed by atoms with E-state index in [0.29, 0.717) is 12.0 Å². The van der Waals surface area contributed by atoms with Crippen molar-refractivity contribution < 1.29 is 9.53 Å². The highest BCUT2D eigenvalue weighted by molar-refractivity contribution is 7.98. The van der Waals surface area contributed by atoms with Gasteiger partial charge in [-0.3, -0.25) is 9.69 Å². The number of carbonyl (C=O) groups excluding carboxylic acids is 1. The van der Waals surface area contributed by atoms with Gasteiger partial charge in [0.25, 0.3) is 5.91 Å². The normalized spacial score (nSPS) is 25.2. The van der Waals surface area contributed by atoms with Crippen LogP contribution in [-0.4, -0.2) is 66.9 Å². The molecule has 2 aliphatic rings. The van der Waals surface area contributed by atoms with Gasteiger partial charge < -0.3 is 9.64 Å². The van der Waals surface area contributed by atoms with E-state index < -0.39 is 0 Å². The maximum Gasteiger partial charge on any atom is 0.254 e. The summed E-state index contributed by atoms with van der Waals surface area (Å²) in [6.07, 6.45) is 0. The Bertz CT molecular complexity index is 560. The summed E-state index contributed by atoms with van der Waals surface area (Å²) in [7, 11) is 0. The average molecular weight is 349 g/mol.